The summed E-state index contributed by atoms with van der Waals surface area (Å²) in [6, 6.07) is 4.49. The molecule has 1 aromatic carbocycles. The molecule has 1 fully saturated rings. The summed E-state index contributed by atoms with van der Waals surface area (Å²) in [6.07, 6.45) is -3.00. The number of alkyl halides is 3. The first-order chi connectivity index (χ1) is 15.1. The monoisotopic (exact) mass is 444 g/mol. The third-order valence-corrected chi connectivity index (χ3v) is 5.49. The van der Waals surface area contributed by atoms with Crippen molar-refractivity contribution in [2.45, 2.75) is 38.9 Å². The summed E-state index contributed by atoms with van der Waals surface area (Å²) in [4.78, 5) is 28.8. The van der Waals surface area contributed by atoms with E-state index in [9.17, 15) is 18.0 Å². The smallest absolute Gasteiger partial charge is 0.399 e. The van der Waals surface area contributed by atoms with E-state index in [1.54, 1.807) is 19.9 Å². The molecule has 4 rings (SSSR count). The van der Waals surface area contributed by atoms with Gasteiger partial charge in [0.15, 0.2) is 5.84 Å². The largest absolute Gasteiger partial charge is 0.416 e. The van der Waals surface area contributed by atoms with Crippen molar-refractivity contribution in [3.05, 3.63) is 62.0 Å². The van der Waals surface area contributed by atoms with E-state index in [1.807, 2.05) is 0 Å². The highest BCUT2D eigenvalue weighted by atomic mass is 19.4. The second-order valence-electron chi connectivity index (χ2n) is 7.91. The number of nitrogens with zero attached hydrogens (tertiary/aromatic N) is 3. The fourth-order valence-electron chi connectivity index (χ4n) is 3.88. The van der Waals surface area contributed by atoms with E-state index >= 15 is 0 Å². The highest BCUT2D eigenvalue weighted by Gasteiger charge is 2.31. The number of pyridine rings is 1. The third kappa shape index (κ3) is 4.50. The predicted octanol–water partition coefficient (Wildman–Crippen LogP) is 2.07. The Balaban J connectivity index is 1.82. The number of aromatic nitrogens is 1. The van der Waals surface area contributed by atoms with Gasteiger partial charge in [0, 0.05) is 10.9 Å². The Morgan fingerprint density at radius 3 is 2.53 bits per heavy atom. The Morgan fingerprint density at radius 2 is 1.84 bits per heavy atom. The lowest BCUT2D eigenvalue weighted by Crippen LogP contribution is -2.41. The zero-order chi connectivity index (χ0) is 23.0. The molecule has 4 N–H and O–H groups in total. The second-order valence-corrected chi connectivity index (χ2v) is 7.91. The van der Waals surface area contributed by atoms with Crippen LogP contribution in [0.5, 0.6) is 0 Å². The Labute approximate surface area is 181 Å². The Kier molecular flexibility index (Phi) is 5.72. The summed E-state index contributed by atoms with van der Waals surface area (Å²) >= 11 is 0. The number of aromatic amines is 1. The molecular weight excluding hydrogens is 421 g/mol. The van der Waals surface area contributed by atoms with E-state index in [1.165, 1.54) is 6.07 Å². The van der Waals surface area contributed by atoms with Crippen LogP contribution < -0.4 is 27.3 Å². The van der Waals surface area contributed by atoms with Crippen LogP contribution in [0.25, 0.3) is 5.57 Å². The van der Waals surface area contributed by atoms with Gasteiger partial charge in [0.25, 0.3) is 5.56 Å². The van der Waals surface area contributed by atoms with Crippen LogP contribution in [0.15, 0.2) is 44.0 Å². The number of aliphatic imine (C=N–C) groups is 2. The molecule has 0 unspecified atom stereocenters. The van der Waals surface area contributed by atoms with Gasteiger partial charge in [-0.1, -0.05) is 5.57 Å². The predicted molar refractivity (Wildman–Crippen MR) is 117 cm³/mol. The first-order valence-corrected chi connectivity index (χ1v) is 10.3. The van der Waals surface area contributed by atoms with Crippen LogP contribution in [0.2, 0.25) is 0 Å². The van der Waals surface area contributed by atoms with Crippen LogP contribution in [-0.4, -0.2) is 29.7 Å². The average Bonchev–Trinajstić information content (AvgIpc) is 2.72. The van der Waals surface area contributed by atoms with Crippen molar-refractivity contribution in [3.8, 4) is 0 Å². The molecule has 0 spiro atoms. The summed E-state index contributed by atoms with van der Waals surface area (Å²) < 4.78 is 39.6. The van der Waals surface area contributed by atoms with Gasteiger partial charge in [-0.2, -0.15) is 13.2 Å². The van der Waals surface area contributed by atoms with Gasteiger partial charge >= 0.3 is 6.18 Å². The number of halogens is 3. The first-order valence-electron chi connectivity index (χ1n) is 10.3. The van der Waals surface area contributed by atoms with Gasteiger partial charge in [-0.15, -0.1) is 0 Å². The lowest BCUT2D eigenvalue weighted by atomic mass is 10.0. The Morgan fingerprint density at radius 1 is 1.12 bits per heavy atom. The molecular formula is C22H23F3N6O. The number of rotatable bonds is 2. The zero-order valence-corrected chi connectivity index (χ0v) is 17.7. The normalized spacial score (nSPS) is 18.7. The molecule has 32 heavy (non-hydrogen) atoms. The minimum Gasteiger partial charge on any atom is -0.399 e. The minimum absolute atomic E-state index is 0.00882. The summed E-state index contributed by atoms with van der Waals surface area (Å²) in [6.45, 7) is 4.93. The van der Waals surface area contributed by atoms with E-state index < -0.39 is 17.8 Å². The van der Waals surface area contributed by atoms with Crippen molar-refractivity contribution in [2.24, 2.45) is 15.0 Å². The number of anilines is 1. The fraction of sp³-hybridized carbons (Fsp3) is 0.364. The molecule has 0 radical (unpaired) electrons. The number of fused-ring (bicyclic) bond motifs is 1. The molecule has 168 valence electrons. The molecule has 0 amide bonds. The molecule has 2 aliphatic heterocycles. The molecule has 1 saturated heterocycles. The van der Waals surface area contributed by atoms with Crippen LogP contribution in [0.4, 0.5) is 18.9 Å². The van der Waals surface area contributed by atoms with Crippen molar-refractivity contribution in [1.29, 1.82) is 0 Å². The van der Waals surface area contributed by atoms with Gasteiger partial charge in [-0.05, 0) is 69.6 Å². The summed E-state index contributed by atoms with van der Waals surface area (Å²) in [5.41, 5.74) is 6.91. The van der Waals surface area contributed by atoms with Crippen LogP contribution in [-0.2, 0) is 6.18 Å². The van der Waals surface area contributed by atoms with Crippen LogP contribution >= 0.6 is 0 Å². The van der Waals surface area contributed by atoms with Gasteiger partial charge < -0.3 is 16.0 Å². The zero-order valence-electron chi connectivity index (χ0n) is 17.7. The highest BCUT2D eigenvalue weighted by molar-refractivity contribution is 6.08. The summed E-state index contributed by atoms with van der Waals surface area (Å²) in [7, 11) is 0. The molecule has 7 nitrogen and oxygen atoms in total. The number of nitrogens with two attached hydrogens (primary N) is 1. The topological polar surface area (TPSA) is 108 Å². The number of H-pyrrole nitrogens is 1. The van der Waals surface area contributed by atoms with Crippen LogP contribution in [0.3, 0.4) is 0 Å². The SMILES string of the molecule is CC1=NC(=N[C@H](C)c2cc(N)cc(C(F)(F)F)c2)c2cc(=C3CCNCC3)c(=O)[nH]c2=N1. The lowest BCUT2D eigenvalue weighted by molar-refractivity contribution is -0.137. The average molecular weight is 444 g/mol. The quantitative estimate of drug-likeness (QED) is 0.617. The summed E-state index contributed by atoms with van der Waals surface area (Å²) in [5.74, 6) is 0.702. The van der Waals surface area contributed by atoms with Gasteiger partial charge in [0.05, 0.1) is 17.2 Å². The van der Waals surface area contributed by atoms with E-state index in [0.29, 0.717) is 33.5 Å². The third-order valence-electron chi connectivity index (χ3n) is 5.49. The van der Waals surface area contributed by atoms with Crippen molar-refractivity contribution < 1.29 is 13.2 Å². The maximum atomic E-state index is 13.2. The number of nitrogen functional groups attached to an aromatic ring is 1. The molecule has 2 aliphatic rings. The van der Waals surface area contributed by atoms with Crippen molar-refractivity contribution in [3.63, 3.8) is 0 Å². The minimum atomic E-state index is -4.51. The maximum Gasteiger partial charge on any atom is 0.416 e. The number of amidine groups is 2. The van der Waals surface area contributed by atoms with Crippen LogP contribution in [0.1, 0.15) is 49.4 Å². The van der Waals surface area contributed by atoms with E-state index in [0.717, 1.165) is 43.6 Å². The van der Waals surface area contributed by atoms with Gasteiger partial charge in [0.1, 0.15) is 11.3 Å². The van der Waals surface area contributed by atoms with Gasteiger partial charge in [0.2, 0.25) is 0 Å². The number of benzene rings is 1. The van der Waals surface area contributed by atoms with E-state index in [2.05, 4.69) is 25.3 Å². The number of piperidine rings is 1. The summed E-state index contributed by atoms with van der Waals surface area (Å²) in [5, 5.41) is 3.83. The van der Waals surface area contributed by atoms with Crippen molar-refractivity contribution >= 4 is 22.9 Å². The standard InChI is InChI=1S/C22H23F3N6O/c1-11(14-7-15(22(23,24)25)9-16(26)8-14)28-19-18-10-17(13-3-5-27-6-4-13)21(32)31-20(18)30-12(2)29-19/h7-11,27H,3-6,26H2,1-2H3,(H,28,29,30,31,32)/t11-/m1/s1. The lowest BCUT2D eigenvalue weighted by Gasteiger charge is -2.16. The van der Waals surface area contributed by atoms with Crippen molar-refractivity contribution in [2.75, 3.05) is 18.8 Å². The molecule has 10 heteroatoms. The van der Waals surface area contributed by atoms with Crippen molar-refractivity contribution in [1.82, 2.24) is 10.3 Å². The molecule has 2 aromatic rings. The molecule has 0 aliphatic carbocycles. The molecule has 3 heterocycles. The molecule has 1 aromatic heterocycles. The molecule has 1 atom stereocenters. The number of hydrogen-bond acceptors (Lipinski definition) is 5. The van der Waals surface area contributed by atoms with Gasteiger partial charge in [-0.3, -0.25) is 9.79 Å². The van der Waals surface area contributed by atoms with E-state index in [4.69, 9.17) is 5.73 Å². The first kappa shape index (κ1) is 21.9. The highest BCUT2D eigenvalue weighted by Crippen LogP contribution is 2.33. The Bertz CT molecular complexity index is 1300. The van der Waals surface area contributed by atoms with Gasteiger partial charge in [-0.25, -0.2) is 9.98 Å². The van der Waals surface area contributed by atoms with E-state index in [-0.39, 0.29) is 11.2 Å². The molecule has 0 bridgehead atoms. The number of hydrogen-bond donors (Lipinski definition) is 3. The number of nitrogens with one attached hydrogen (secondary N) is 2. The maximum absolute atomic E-state index is 13.2. The molecule has 0 saturated carbocycles. The second kappa shape index (κ2) is 8.34. The van der Waals surface area contributed by atoms with Crippen LogP contribution in [0, 0.1) is 0 Å². The Hall–Kier alpha value is -3.27. The fourth-order valence-corrected chi connectivity index (χ4v) is 3.88.